The summed E-state index contributed by atoms with van der Waals surface area (Å²) in [7, 11) is 4.11. The average molecular weight is 616 g/mol. The Hall–Kier alpha value is -0.898. The number of carboxylic acid groups (broad SMARTS) is 1. The van der Waals surface area contributed by atoms with Gasteiger partial charge in [0, 0.05) is 27.0 Å². The van der Waals surface area contributed by atoms with E-state index < -0.39 is 12.1 Å². The molecule has 3 fully saturated rings. The molecule has 0 heterocycles. The molecule has 0 bridgehead atoms. The topological polar surface area (TPSA) is 40.5 Å². The van der Waals surface area contributed by atoms with E-state index in [1.54, 1.807) is 38.5 Å². The van der Waals surface area contributed by atoms with Crippen molar-refractivity contribution in [2.75, 3.05) is 14.1 Å². The van der Waals surface area contributed by atoms with Gasteiger partial charge in [-0.1, -0.05) is 96.3 Å². The van der Waals surface area contributed by atoms with E-state index in [-0.39, 0.29) is 20.4 Å². The molecule has 4 rings (SSSR count). The second-order valence-electron chi connectivity index (χ2n) is 10.9. The van der Waals surface area contributed by atoms with Crippen molar-refractivity contribution in [3.05, 3.63) is 41.8 Å². The fourth-order valence-electron chi connectivity index (χ4n) is 6.18. The number of carboxylic acids is 1. The van der Waals surface area contributed by atoms with Gasteiger partial charge in [0.05, 0.1) is 0 Å². The van der Waals surface area contributed by atoms with E-state index >= 15 is 0 Å². The van der Waals surface area contributed by atoms with Crippen molar-refractivity contribution >= 4 is 5.97 Å². The van der Waals surface area contributed by atoms with Crippen molar-refractivity contribution < 1.29 is 43.5 Å². The third-order valence-corrected chi connectivity index (χ3v) is 7.73. The van der Waals surface area contributed by atoms with Gasteiger partial charge in [0.2, 0.25) is 0 Å². The Morgan fingerprint density at radius 2 is 1.24 bits per heavy atom. The number of hydrogen-bond donors (Lipinski definition) is 1. The van der Waals surface area contributed by atoms with Crippen LogP contribution in [0.25, 0.3) is 0 Å². The maximum atomic E-state index is 10.6. The first kappa shape index (κ1) is 34.1. The SMILES string of the molecule is C1CCC([C-](C2CCCCC2)C2CCCCC2)CC1.CN(C)Cc1[c-]cccc1.O=C(O)C(F)(F)F.[Pd]. The summed E-state index contributed by atoms with van der Waals surface area (Å²) in [6, 6.07) is 11.2. The monoisotopic (exact) mass is 615 g/mol. The minimum absolute atomic E-state index is 0. The molecular weight excluding hydrogens is 570 g/mol. The first-order valence-electron chi connectivity index (χ1n) is 14.0. The molecule has 0 spiro atoms. The normalized spacial score (nSPS) is 19.8. The molecule has 0 atom stereocenters. The van der Waals surface area contributed by atoms with Crippen LogP contribution in [0.15, 0.2) is 24.3 Å². The minimum Gasteiger partial charge on any atom is -0.475 e. The largest absolute Gasteiger partial charge is 0.490 e. The maximum Gasteiger partial charge on any atom is 0.490 e. The molecule has 3 saturated carbocycles. The van der Waals surface area contributed by atoms with Crippen LogP contribution < -0.4 is 0 Å². The number of hydrogen-bond acceptors (Lipinski definition) is 2. The van der Waals surface area contributed by atoms with E-state index in [0.717, 1.165) is 24.3 Å². The van der Waals surface area contributed by atoms with Gasteiger partial charge in [-0.3, -0.25) is 0 Å². The van der Waals surface area contributed by atoms with Crippen LogP contribution in [-0.2, 0) is 31.8 Å². The molecule has 216 valence electrons. The molecular formula is C30H46F3NO2Pd-2. The molecule has 0 aliphatic heterocycles. The van der Waals surface area contributed by atoms with E-state index in [0.29, 0.717) is 0 Å². The van der Waals surface area contributed by atoms with Crippen molar-refractivity contribution in [3.8, 4) is 0 Å². The van der Waals surface area contributed by atoms with Crippen LogP contribution in [0.5, 0.6) is 0 Å². The van der Waals surface area contributed by atoms with Crippen LogP contribution in [0.3, 0.4) is 0 Å². The van der Waals surface area contributed by atoms with E-state index in [9.17, 15) is 13.2 Å². The van der Waals surface area contributed by atoms with Crippen molar-refractivity contribution in [2.45, 2.75) is 109 Å². The molecule has 3 nitrogen and oxygen atoms in total. The zero-order valence-electron chi connectivity index (χ0n) is 22.6. The quantitative estimate of drug-likeness (QED) is 0.267. The van der Waals surface area contributed by atoms with E-state index in [1.807, 2.05) is 18.2 Å². The first-order chi connectivity index (χ1) is 17.2. The van der Waals surface area contributed by atoms with Crippen LogP contribution in [0.4, 0.5) is 13.2 Å². The number of nitrogens with zero attached hydrogens (tertiary/aromatic N) is 1. The molecule has 1 aromatic rings. The molecule has 1 N–H and O–H groups in total. The summed E-state index contributed by atoms with van der Waals surface area (Å²) in [4.78, 5) is 11.0. The fraction of sp³-hybridized carbons (Fsp3) is 0.733. The second kappa shape index (κ2) is 18.4. The Balaban J connectivity index is 0.000000321. The molecule has 0 saturated heterocycles. The molecule has 37 heavy (non-hydrogen) atoms. The molecule has 7 heteroatoms. The molecule has 0 aromatic heterocycles. The summed E-state index contributed by atoms with van der Waals surface area (Å²) in [6.45, 7) is 0.973. The van der Waals surface area contributed by atoms with E-state index in [2.05, 4.69) is 37.0 Å². The van der Waals surface area contributed by atoms with Gasteiger partial charge >= 0.3 is 12.1 Å². The second-order valence-corrected chi connectivity index (χ2v) is 10.9. The van der Waals surface area contributed by atoms with Crippen molar-refractivity contribution in [2.24, 2.45) is 17.8 Å². The van der Waals surface area contributed by atoms with Crippen molar-refractivity contribution in [3.63, 3.8) is 0 Å². The smallest absolute Gasteiger partial charge is 0.475 e. The number of alkyl halides is 3. The summed E-state index contributed by atoms with van der Waals surface area (Å²) in [5, 5.41) is 7.12. The van der Waals surface area contributed by atoms with Crippen LogP contribution in [0.2, 0.25) is 0 Å². The Kier molecular flexibility index (Phi) is 17.0. The predicted molar refractivity (Wildman–Crippen MR) is 139 cm³/mol. The van der Waals surface area contributed by atoms with E-state index in [4.69, 9.17) is 9.90 Å². The van der Waals surface area contributed by atoms with E-state index in [1.165, 1.54) is 63.4 Å². The summed E-state index contributed by atoms with van der Waals surface area (Å²) in [5.74, 6) is 2.48. The molecule has 0 unspecified atom stereocenters. The van der Waals surface area contributed by atoms with Crippen molar-refractivity contribution in [1.29, 1.82) is 0 Å². The molecule has 3 aliphatic carbocycles. The third-order valence-electron chi connectivity index (χ3n) is 7.73. The number of carbonyl (C=O) groups is 1. The summed E-state index contributed by atoms with van der Waals surface area (Å²) in [5.41, 5.74) is 1.24. The zero-order valence-corrected chi connectivity index (χ0v) is 24.2. The zero-order chi connectivity index (χ0) is 26.4. The van der Waals surface area contributed by atoms with Gasteiger partial charge in [0.1, 0.15) is 0 Å². The standard InChI is InChI=1S/C19H33.C9H12N.C2HF3O2.Pd/c1-4-10-16(11-5-1)19(17-12-6-2-7-13-17)18-14-8-3-9-15-18;1-10(2)8-9-6-4-3-5-7-9;3-2(4,5)1(6)7;/h16-18H,1-15H2;3-6H,8H2,1-2H3;(H,6,7);/q2*-1;;. The van der Waals surface area contributed by atoms with Gasteiger partial charge in [-0.25, -0.2) is 4.79 Å². The maximum absolute atomic E-state index is 10.6. The Morgan fingerprint density at radius 1 is 0.865 bits per heavy atom. The third kappa shape index (κ3) is 13.6. The molecule has 3 aliphatic rings. The van der Waals surface area contributed by atoms with Gasteiger partial charge in [-0.15, -0.1) is 5.56 Å². The van der Waals surface area contributed by atoms with Gasteiger partial charge in [0.15, 0.2) is 0 Å². The van der Waals surface area contributed by atoms with Gasteiger partial charge in [0.25, 0.3) is 0 Å². The van der Waals surface area contributed by atoms with Gasteiger partial charge in [-0.05, 0) is 14.1 Å². The Bertz CT molecular complexity index is 668. The molecule has 0 radical (unpaired) electrons. The molecule has 0 amide bonds. The van der Waals surface area contributed by atoms with Gasteiger partial charge in [-0.2, -0.15) is 61.3 Å². The minimum atomic E-state index is -5.08. The number of benzene rings is 1. The number of aliphatic carboxylic acids is 1. The summed E-state index contributed by atoms with van der Waals surface area (Å²) in [6.07, 6.45) is 17.8. The fourth-order valence-corrected chi connectivity index (χ4v) is 6.18. The summed E-state index contributed by atoms with van der Waals surface area (Å²) >= 11 is 0. The summed E-state index contributed by atoms with van der Waals surface area (Å²) < 4.78 is 31.7. The van der Waals surface area contributed by atoms with Crippen LogP contribution in [0, 0.1) is 29.7 Å². The Morgan fingerprint density at radius 3 is 1.51 bits per heavy atom. The van der Waals surface area contributed by atoms with Gasteiger partial charge < -0.3 is 15.9 Å². The first-order valence-corrected chi connectivity index (χ1v) is 14.0. The number of rotatable bonds is 5. The Labute approximate surface area is 236 Å². The van der Waals surface area contributed by atoms with Crippen molar-refractivity contribution in [1.82, 2.24) is 4.90 Å². The predicted octanol–water partition coefficient (Wildman–Crippen LogP) is 8.48. The average Bonchev–Trinajstić information content (AvgIpc) is 2.87. The van der Waals surface area contributed by atoms with Crippen LogP contribution in [0.1, 0.15) is 102 Å². The molecule has 1 aromatic carbocycles. The van der Waals surface area contributed by atoms with Crippen LogP contribution in [-0.4, -0.2) is 36.2 Å². The van der Waals surface area contributed by atoms with Crippen LogP contribution >= 0.6 is 0 Å². The number of halogens is 3.